The number of hydrogen-bond acceptors (Lipinski definition) is 1. The monoisotopic (exact) mass is 478 g/mol. The van der Waals surface area contributed by atoms with Crippen molar-refractivity contribution in [3.63, 3.8) is 0 Å². The van der Waals surface area contributed by atoms with Gasteiger partial charge in [0.25, 0.3) is 0 Å². The molecule has 0 N–H and O–H groups in total. The van der Waals surface area contributed by atoms with E-state index in [1.165, 1.54) is 71.7 Å². The lowest BCUT2D eigenvalue weighted by Crippen LogP contribution is -2.15. The molecule has 1 nitrogen and oxygen atoms in total. The van der Waals surface area contributed by atoms with Crippen LogP contribution in [0.25, 0.3) is 22.3 Å². The minimum absolute atomic E-state index is 0.866. The van der Waals surface area contributed by atoms with Gasteiger partial charge in [0.05, 0.1) is 7.11 Å². The maximum absolute atomic E-state index is 5.44. The SMILES string of the molecule is COc1ccc(C(c2c(C)cc(C)cc2C)=c2ccc(=C3c4ccccc4-c4ccccc43)cc2)cc1. The fraction of sp³-hybridized carbons (Fsp3) is 0.111. The van der Waals surface area contributed by atoms with E-state index in [4.69, 9.17) is 4.74 Å². The highest BCUT2D eigenvalue weighted by Gasteiger charge is 2.22. The summed E-state index contributed by atoms with van der Waals surface area (Å²) < 4.78 is 5.44. The van der Waals surface area contributed by atoms with Crippen molar-refractivity contribution in [3.05, 3.63) is 159 Å². The third-order valence-electron chi connectivity index (χ3n) is 7.45. The highest BCUT2D eigenvalue weighted by atomic mass is 16.5. The van der Waals surface area contributed by atoms with Gasteiger partial charge in [-0.15, -0.1) is 0 Å². The fourth-order valence-electron chi connectivity index (χ4n) is 5.92. The van der Waals surface area contributed by atoms with Crippen LogP contribution in [-0.4, -0.2) is 7.11 Å². The van der Waals surface area contributed by atoms with Crippen LogP contribution in [-0.2, 0) is 0 Å². The molecular weight excluding hydrogens is 448 g/mol. The van der Waals surface area contributed by atoms with Crippen LogP contribution < -0.4 is 15.2 Å². The molecule has 37 heavy (non-hydrogen) atoms. The molecule has 5 aromatic carbocycles. The smallest absolute Gasteiger partial charge is 0.118 e. The van der Waals surface area contributed by atoms with E-state index in [1.807, 2.05) is 12.1 Å². The summed E-state index contributed by atoms with van der Waals surface area (Å²) in [6.45, 7) is 6.60. The number of hydrogen-bond donors (Lipinski definition) is 0. The predicted molar refractivity (Wildman–Crippen MR) is 154 cm³/mol. The molecule has 6 rings (SSSR count). The first-order chi connectivity index (χ1) is 18.0. The van der Waals surface area contributed by atoms with Crippen molar-refractivity contribution in [2.45, 2.75) is 20.8 Å². The summed E-state index contributed by atoms with van der Waals surface area (Å²) in [6, 6.07) is 39.6. The second-order valence-electron chi connectivity index (χ2n) is 9.92. The van der Waals surface area contributed by atoms with Gasteiger partial charge in [0.1, 0.15) is 5.75 Å². The molecular formula is C36H30O. The van der Waals surface area contributed by atoms with E-state index in [0.717, 1.165) is 5.75 Å². The van der Waals surface area contributed by atoms with Crippen molar-refractivity contribution in [1.29, 1.82) is 0 Å². The van der Waals surface area contributed by atoms with Crippen LogP contribution in [0, 0.1) is 20.8 Å². The van der Waals surface area contributed by atoms with Gasteiger partial charge in [-0.3, -0.25) is 0 Å². The average Bonchev–Trinajstić information content (AvgIpc) is 3.25. The van der Waals surface area contributed by atoms with Crippen molar-refractivity contribution in [2.75, 3.05) is 7.11 Å². The predicted octanol–water partition coefficient (Wildman–Crippen LogP) is 7.10. The van der Waals surface area contributed by atoms with Gasteiger partial charge >= 0.3 is 0 Å². The molecule has 0 atom stereocenters. The van der Waals surface area contributed by atoms with E-state index in [-0.39, 0.29) is 0 Å². The summed E-state index contributed by atoms with van der Waals surface area (Å²) in [5.74, 6) is 0.866. The fourth-order valence-corrected chi connectivity index (χ4v) is 5.92. The molecule has 0 aliphatic heterocycles. The lowest BCUT2D eigenvalue weighted by Gasteiger charge is -2.16. The van der Waals surface area contributed by atoms with Gasteiger partial charge in [0.15, 0.2) is 0 Å². The Hall–Kier alpha value is -4.36. The van der Waals surface area contributed by atoms with Gasteiger partial charge in [-0.2, -0.15) is 0 Å². The van der Waals surface area contributed by atoms with Crippen molar-refractivity contribution >= 4 is 11.1 Å². The zero-order valence-corrected chi connectivity index (χ0v) is 21.8. The summed E-state index contributed by atoms with van der Waals surface area (Å²) in [6.07, 6.45) is 0. The Morgan fingerprint density at radius 2 is 1.08 bits per heavy atom. The number of ether oxygens (including phenoxy) is 1. The van der Waals surface area contributed by atoms with Gasteiger partial charge in [-0.25, -0.2) is 0 Å². The Kier molecular flexibility index (Phi) is 5.77. The van der Waals surface area contributed by atoms with Crippen molar-refractivity contribution in [1.82, 2.24) is 0 Å². The zero-order valence-electron chi connectivity index (χ0n) is 21.8. The highest BCUT2D eigenvalue weighted by molar-refractivity contribution is 6.00. The van der Waals surface area contributed by atoms with Crippen molar-refractivity contribution < 1.29 is 4.74 Å². The first-order valence-electron chi connectivity index (χ1n) is 12.8. The summed E-state index contributed by atoms with van der Waals surface area (Å²) in [5, 5.41) is 2.46. The first kappa shape index (κ1) is 23.1. The third kappa shape index (κ3) is 3.97. The zero-order chi connectivity index (χ0) is 25.5. The van der Waals surface area contributed by atoms with Crippen LogP contribution in [0.2, 0.25) is 0 Å². The second kappa shape index (κ2) is 9.26. The first-order valence-corrected chi connectivity index (χ1v) is 12.8. The van der Waals surface area contributed by atoms with Crippen LogP contribution in [0.15, 0.2) is 109 Å². The molecule has 0 bridgehead atoms. The summed E-state index contributed by atoms with van der Waals surface area (Å²) in [7, 11) is 1.71. The van der Waals surface area contributed by atoms with Gasteiger partial charge in [0, 0.05) is 0 Å². The lowest BCUT2D eigenvalue weighted by atomic mass is 9.88. The van der Waals surface area contributed by atoms with Gasteiger partial charge in [-0.1, -0.05) is 103 Å². The molecule has 0 spiro atoms. The minimum atomic E-state index is 0.866. The normalized spacial score (nSPS) is 11.7. The average molecular weight is 479 g/mol. The molecule has 0 unspecified atom stereocenters. The summed E-state index contributed by atoms with van der Waals surface area (Å²) >= 11 is 0. The number of methoxy groups -OCH3 is 1. The van der Waals surface area contributed by atoms with E-state index in [9.17, 15) is 0 Å². The van der Waals surface area contributed by atoms with E-state index in [0.29, 0.717) is 0 Å². The van der Waals surface area contributed by atoms with Crippen LogP contribution in [0.5, 0.6) is 5.75 Å². The van der Waals surface area contributed by atoms with E-state index < -0.39 is 0 Å². The molecule has 0 saturated heterocycles. The maximum Gasteiger partial charge on any atom is 0.118 e. The molecule has 0 heterocycles. The van der Waals surface area contributed by atoms with Gasteiger partial charge in [0.2, 0.25) is 0 Å². The second-order valence-corrected chi connectivity index (χ2v) is 9.92. The van der Waals surface area contributed by atoms with E-state index in [2.05, 4.69) is 118 Å². The molecule has 0 fully saturated rings. The van der Waals surface area contributed by atoms with Crippen molar-refractivity contribution in [2.24, 2.45) is 0 Å². The number of fused-ring (bicyclic) bond motifs is 3. The minimum Gasteiger partial charge on any atom is -0.497 e. The molecule has 180 valence electrons. The van der Waals surface area contributed by atoms with Crippen LogP contribution >= 0.6 is 0 Å². The molecule has 1 heteroatoms. The number of aryl methyl sites for hydroxylation is 3. The Morgan fingerprint density at radius 1 is 0.568 bits per heavy atom. The number of benzene rings is 5. The van der Waals surface area contributed by atoms with E-state index >= 15 is 0 Å². The Balaban J connectivity index is 1.63. The molecule has 0 saturated carbocycles. The van der Waals surface area contributed by atoms with Gasteiger partial charge < -0.3 is 4.74 Å². The molecule has 1 aliphatic rings. The largest absolute Gasteiger partial charge is 0.497 e. The quantitative estimate of drug-likeness (QED) is 0.264. The molecule has 5 aromatic rings. The molecule has 1 aliphatic carbocycles. The maximum atomic E-state index is 5.44. The van der Waals surface area contributed by atoms with Crippen LogP contribution in [0.1, 0.15) is 38.9 Å². The van der Waals surface area contributed by atoms with Gasteiger partial charge in [-0.05, 0) is 99.0 Å². The summed E-state index contributed by atoms with van der Waals surface area (Å²) in [4.78, 5) is 0. The van der Waals surface area contributed by atoms with Crippen LogP contribution in [0.3, 0.4) is 0 Å². The topological polar surface area (TPSA) is 9.23 Å². The molecule has 0 aromatic heterocycles. The Labute approximate surface area is 219 Å². The Bertz CT molecular complexity index is 1680. The highest BCUT2D eigenvalue weighted by Crippen LogP contribution is 2.42. The lowest BCUT2D eigenvalue weighted by molar-refractivity contribution is 0.415. The van der Waals surface area contributed by atoms with E-state index in [1.54, 1.807) is 7.11 Å². The van der Waals surface area contributed by atoms with Crippen LogP contribution in [0.4, 0.5) is 0 Å². The molecule has 0 radical (unpaired) electrons. The van der Waals surface area contributed by atoms with Crippen molar-refractivity contribution in [3.8, 4) is 16.9 Å². The number of rotatable bonds is 3. The standard InChI is InChI=1S/C36H30O/c1-23-21-24(2)34(25(3)22-23)35(27-17-19-29(37-4)20-18-27)26-13-15-28(16-14-26)36-32-11-7-5-9-30(32)31-10-6-8-12-33(31)36/h5-22H,1-4H3. The summed E-state index contributed by atoms with van der Waals surface area (Å²) in [5.41, 5.74) is 14.2. The Morgan fingerprint density at radius 3 is 1.59 bits per heavy atom. The third-order valence-corrected chi connectivity index (χ3v) is 7.45. The molecule has 0 amide bonds.